The van der Waals surface area contributed by atoms with Gasteiger partial charge in [0, 0.05) is 19.0 Å². The number of aliphatic hydroxyl groups excluding tert-OH is 1. The Morgan fingerprint density at radius 3 is 2.59 bits per heavy atom. The first-order valence-corrected chi connectivity index (χ1v) is 11.9. The Morgan fingerprint density at radius 1 is 1.27 bits per heavy atom. The highest BCUT2D eigenvalue weighted by atomic mass is 19.4. The second-order valence-electron chi connectivity index (χ2n) is 9.92. The monoisotopic (exact) mass is 529 g/mol. The van der Waals surface area contributed by atoms with Crippen molar-refractivity contribution in [2.45, 2.75) is 56.7 Å². The number of ketones is 1. The normalized spacial score (nSPS) is 24.0. The van der Waals surface area contributed by atoms with Crippen LogP contribution in [0.25, 0.3) is 0 Å². The molecule has 2 saturated heterocycles. The molecule has 1 spiro atoms. The maximum atomic E-state index is 13.6. The van der Waals surface area contributed by atoms with Gasteiger partial charge in [0.25, 0.3) is 5.91 Å². The lowest BCUT2D eigenvalue weighted by Gasteiger charge is -2.28. The molecule has 0 radical (unpaired) electrons. The molecule has 4 atom stereocenters. The van der Waals surface area contributed by atoms with Gasteiger partial charge in [-0.1, -0.05) is 12.1 Å². The molecule has 3 N–H and O–H groups in total. The van der Waals surface area contributed by atoms with E-state index >= 15 is 0 Å². The lowest BCUT2D eigenvalue weighted by molar-refractivity contribution is -0.321. The molecule has 9 nitrogen and oxygen atoms in total. The number of hydrogen-bond acceptors (Lipinski definition) is 6. The fraction of sp³-hybridized carbons (Fsp3) is 0.583. The molecule has 4 rings (SSSR count). The van der Waals surface area contributed by atoms with Gasteiger partial charge in [0.2, 0.25) is 11.8 Å². The van der Waals surface area contributed by atoms with Gasteiger partial charge in [-0.3, -0.25) is 23.9 Å². The summed E-state index contributed by atoms with van der Waals surface area (Å²) in [4.78, 5) is 52.2. The second kappa shape index (κ2) is 10.4. The first-order valence-electron chi connectivity index (χ1n) is 11.9. The Labute approximate surface area is 209 Å². The summed E-state index contributed by atoms with van der Waals surface area (Å²) in [7, 11) is 0. The number of rotatable bonds is 9. The summed E-state index contributed by atoms with van der Waals surface area (Å²) < 4.78 is 54.8. The molecule has 1 saturated carbocycles. The Hall–Kier alpha value is -3.06. The number of carbonyl (C=O) groups is 4. The molecule has 37 heavy (non-hydrogen) atoms. The largest absolute Gasteiger partial charge is 0.522 e. The van der Waals surface area contributed by atoms with Crippen LogP contribution in [0, 0.1) is 17.2 Å². The zero-order chi connectivity index (χ0) is 27.0. The maximum Gasteiger partial charge on any atom is 0.522 e. The number of Topliss-reactive ketones (excluding diaryl/α,β-unsaturated/α-hetero) is 1. The van der Waals surface area contributed by atoms with Gasteiger partial charge >= 0.3 is 6.36 Å². The molecule has 202 valence electrons. The van der Waals surface area contributed by atoms with Crippen molar-refractivity contribution in [3.05, 3.63) is 35.6 Å². The van der Waals surface area contributed by atoms with Crippen LogP contribution >= 0.6 is 0 Å². The van der Waals surface area contributed by atoms with Crippen molar-refractivity contribution in [1.82, 2.24) is 15.5 Å². The lowest BCUT2D eigenvalue weighted by atomic mass is 9.95. The standard InChI is InChI=1S/C24H27F4N3O6/c25-15-3-1-2-13(8-15)19(33)22(36)31-12-23(5-6-23)10-17(31)21(35)30-16(9-14-4-7-29-20(14)34)18(32)11-37-24(26,27)28/h1-3,8,14,16-17,19,33H,4-7,9-12H2,(H,29,34)(H,30,35)/t14-,16-,17-,19?/m0/s1. The topological polar surface area (TPSA) is 125 Å². The fourth-order valence-electron chi connectivity index (χ4n) is 4.98. The van der Waals surface area contributed by atoms with Crippen molar-refractivity contribution in [3.63, 3.8) is 0 Å². The number of carbonyl (C=O) groups excluding carboxylic acids is 4. The van der Waals surface area contributed by atoms with E-state index in [9.17, 15) is 41.8 Å². The third-order valence-electron chi connectivity index (χ3n) is 7.22. The van der Waals surface area contributed by atoms with Crippen molar-refractivity contribution in [2.75, 3.05) is 19.7 Å². The van der Waals surface area contributed by atoms with E-state index in [1.807, 2.05) is 0 Å². The number of alkyl halides is 3. The van der Waals surface area contributed by atoms with Gasteiger partial charge in [0.05, 0.1) is 6.04 Å². The molecular weight excluding hydrogens is 502 g/mol. The molecule has 3 amide bonds. The minimum absolute atomic E-state index is 0.00510. The number of nitrogens with zero attached hydrogens (tertiary/aromatic N) is 1. The van der Waals surface area contributed by atoms with Crippen LogP contribution in [0.2, 0.25) is 0 Å². The van der Waals surface area contributed by atoms with Gasteiger partial charge < -0.3 is 20.6 Å². The van der Waals surface area contributed by atoms with Gasteiger partial charge in [-0.25, -0.2) is 4.39 Å². The summed E-state index contributed by atoms with van der Waals surface area (Å²) in [6.45, 7) is -0.849. The SMILES string of the molecule is O=C1NCC[C@H]1C[C@H](NC(=O)[C@@H]1CC2(CC2)CN1C(=O)C(O)c1cccc(F)c1)C(=O)COC(F)(F)F. The van der Waals surface area contributed by atoms with E-state index in [4.69, 9.17) is 0 Å². The highest BCUT2D eigenvalue weighted by Gasteiger charge is 2.56. The van der Waals surface area contributed by atoms with Crippen LogP contribution in [-0.2, 0) is 23.9 Å². The molecule has 1 aromatic rings. The average Bonchev–Trinajstić information content (AvgIpc) is 3.30. The Kier molecular flexibility index (Phi) is 7.56. The number of ether oxygens (including phenoxy) is 1. The molecule has 3 aliphatic rings. The molecule has 1 aliphatic carbocycles. The summed E-state index contributed by atoms with van der Waals surface area (Å²) in [5, 5.41) is 15.6. The predicted molar refractivity (Wildman–Crippen MR) is 118 cm³/mol. The zero-order valence-corrected chi connectivity index (χ0v) is 19.7. The van der Waals surface area contributed by atoms with Gasteiger partial charge in [0.15, 0.2) is 11.9 Å². The summed E-state index contributed by atoms with van der Waals surface area (Å²) in [6.07, 6.45) is -4.97. The van der Waals surface area contributed by atoms with E-state index in [0.717, 1.165) is 25.0 Å². The van der Waals surface area contributed by atoms with E-state index in [-0.39, 0.29) is 36.3 Å². The summed E-state index contributed by atoms with van der Waals surface area (Å²) >= 11 is 0. The van der Waals surface area contributed by atoms with Crippen molar-refractivity contribution >= 4 is 23.5 Å². The van der Waals surface area contributed by atoms with Crippen LogP contribution < -0.4 is 10.6 Å². The molecule has 0 aromatic heterocycles. The molecule has 3 fully saturated rings. The number of amides is 3. The van der Waals surface area contributed by atoms with Gasteiger partial charge in [-0.2, -0.15) is 0 Å². The molecule has 1 aromatic carbocycles. The van der Waals surface area contributed by atoms with Gasteiger partial charge in [-0.15, -0.1) is 13.2 Å². The van der Waals surface area contributed by atoms with E-state index in [1.54, 1.807) is 0 Å². The van der Waals surface area contributed by atoms with Crippen LogP contribution in [0.3, 0.4) is 0 Å². The highest BCUT2D eigenvalue weighted by molar-refractivity contribution is 5.95. The molecule has 13 heteroatoms. The minimum atomic E-state index is -5.06. The number of likely N-dealkylation sites (tertiary alicyclic amines) is 1. The van der Waals surface area contributed by atoms with Crippen LogP contribution in [0.1, 0.15) is 43.8 Å². The number of hydrogen-bond donors (Lipinski definition) is 3. The molecule has 0 bridgehead atoms. The Bertz CT molecular complexity index is 1080. The van der Waals surface area contributed by atoms with Crippen LogP contribution in [0.15, 0.2) is 24.3 Å². The number of benzene rings is 1. The van der Waals surface area contributed by atoms with Crippen molar-refractivity contribution in [2.24, 2.45) is 11.3 Å². The molecule has 2 aliphatic heterocycles. The fourth-order valence-corrected chi connectivity index (χ4v) is 4.98. The Balaban J connectivity index is 1.50. The first-order chi connectivity index (χ1) is 17.4. The first kappa shape index (κ1) is 27.0. The molecular formula is C24H27F4N3O6. The number of aliphatic hydroxyl groups is 1. The van der Waals surface area contributed by atoms with Crippen LogP contribution in [0.4, 0.5) is 17.6 Å². The maximum absolute atomic E-state index is 13.6. The zero-order valence-electron chi connectivity index (χ0n) is 19.7. The quantitative estimate of drug-likeness (QED) is 0.415. The van der Waals surface area contributed by atoms with E-state index < -0.39 is 60.5 Å². The highest BCUT2D eigenvalue weighted by Crippen LogP contribution is 2.55. The predicted octanol–water partition coefficient (Wildman–Crippen LogP) is 1.36. The number of halogens is 4. The van der Waals surface area contributed by atoms with Crippen LogP contribution in [0.5, 0.6) is 0 Å². The van der Waals surface area contributed by atoms with Gasteiger partial charge in [-0.05, 0) is 55.2 Å². The third-order valence-corrected chi connectivity index (χ3v) is 7.22. The average molecular weight is 529 g/mol. The van der Waals surface area contributed by atoms with Gasteiger partial charge in [0.1, 0.15) is 18.5 Å². The lowest BCUT2D eigenvalue weighted by Crippen LogP contribution is -2.53. The third kappa shape index (κ3) is 6.45. The van der Waals surface area contributed by atoms with Crippen molar-refractivity contribution in [3.8, 4) is 0 Å². The second-order valence-corrected chi connectivity index (χ2v) is 9.92. The Morgan fingerprint density at radius 2 is 2.00 bits per heavy atom. The van der Waals surface area contributed by atoms with E-state index in [0.29, 0.717) is 13.0 Å². The van der Waals surface area contributed by atoms with Crippen LogP contribution in [-0.4, -0.2) is 71.7 Å². The van der Waals surface area contributed by atoms with E-state index in [2.05, 4.69) is 15.4 Å². The van der Waals surface area contributed by atoms with Crippen molar-refractivity contribution in [1.29, 1.82) is 0 Å². The minimum Gasteiger partial charge on any atom is -0.378 e. The summed E-state index contributed by atoms with van der Waals surface area (Å²) in [6, 6.07) is 2.29. The molecule has 2 heterocycles. The smallest absolute Gasteiger partial charge is 0.378 e. The van der Waals surface area contributed by atoms with E-state index in [1.165, 1.54) is 17.0 Å². The summed E-state index contributed by atoms with van der Waals surface area (Å²) in [5.41, 5.74) is -0.325. The molecule has 1 unspecified atom stereocenters. The summed E-state index contributed by atoms with van der Waals surface area (Å²) in [5.74, 6) is -4.40. The number of nitrogens with one attached hydrogen (secondary N) is 2. The van der Waals surface area contributed by atoms with Crippen molar-refractivity contribution < 1.29 is 46.6 Å².